The Balaban J connectivity index is 0.859. The van der Waals surface area contributed by atoms with Gasteiger partial charge in [0, 0.05) is 77.9 Å². The molecule has 0 aliphatic carbocycles. The first-order chi connectivity index (χ1) is 59.9. The molecule has 0 N–H and O–H groups in total. The summed E-state index contributed by atoms with van der Waals surface area (Å²) in [7, 11) is 0. The van der Waals surface area contributed by atoms with Gasteiger partial charge in [0.2, 0.25) is 0 Å². The Labute approximate surface area is 716 Å². The van der Waals surface area contributed by atoms with Crippen molar-refractivity contribution < 1.29 is 0 Å². The lowest BCUT2D eigenvalue weighted by atomic mass is 9.33. The molecule has 582 valence electrons. The van der Waals surface area contributed by atoms with Crippen molar-refractivity contribution in [2.75, 3.05) is 9.80 Å². The van der Waals surface area contributed by atoms with Gasteiger partial charge < -0.3 is 18.9 Å². The minimum Gasteiger partial charge on any atom is -0.310 e. The molecule has 21 aromatic carbocycles. The summed E-state index contributed by atoms with van der Waals surface area (Å²) in [6.07, 6.45) is 0. The third kappa shape index (κ3) is 10.5. The van der Waals surface area contributed by atoms with Crippen LogP contribution in [0.15, 0.2) is 364 Å². The predicted octanol–water partition coefficient (Wildman–Crippen LogP) is 30.5. The fraction of sp³-hybridized carbons (Fsp3) is 0.102. The quantitative estimate of drug-likeness (QED) is 0.0771. The second-order valence-corrected chi connectivity index (χ2v) is 37.9. The largest absolute Gasteiger partial charge is 0.310 e. The predicted molar refractivity (Wildman–Crippen MR) is 528 cm³/mol. The van der Waals surface area contributed by atoms with Crippen molar-refractivity contribution in [2.24, 2.45) is 0 Å². The van der Waals surface area contributed by atoms with E-state index in [0.29, 0.717) is 0 Å². The number of rotatable bonds is 10. The third-order valence-corrected chi connectivity index (χ3v) is 27.7. The van der Waals surface area contributed by atoms with E-state index in [1.54, 1.807) is 0 Å². The molecule has 2 aliphatic heterocycles. The Hall–Kier alpha value is -14.5. The summed E-state index contributed by atoms with van der Waals surface area (Å²) in [6, 6.07) is 141. The summed E-state index contributed by atoms with van der Waals surface area (Å²) in [4.78, 5) is 5.57. The van der Waals surface area contributed by atoms with Gasteiger partial charge in [0.25, 0.3) is 6.71 Å². The van der Waals surface area contributed by atoms with Gasteiger partial charge in [0.1, 0.15) is 0 Å². The van der Waals surface area contributed by atoms with Crippen LogP contribution >= 0.6 is 0 Å². The SMILES string of the molecule is CC(C)(C)c1cc(-c2ccccc2)c(N2c3cc(-n4c5ccc6cccc7c8cccc9ccc4c(c98)c5c67)ccc3B3c4ccc(-n5c6ccc7cccc8c9cccc%10ccc5c(c%109)c6c78)cc4N(c4c(-c5ccccc5)cc(C(C)(C)C)cc4-c4cccc(-c5ccccc5)c4)c4cc(C(C)(C)C)cc2c43)c(-c2cccc(-c3ccccc3)c2)c1. The highest BCUT2D eigenvalue weighted by Crippen LogP contribution is 2.58. The fourth-order valence-electron chi connectivity index (χ4n) is 21.8. The van der Waals surface area contributed by atoms with Crippen molar-refractivity contribution in [1.82, 2.24) is 9.13 Å². The molecule has 0 spiro atoms. The molecule has 4 heterocycles. The van der Waals surface area contributed by atoms with Crippen LogP contribution in [0.3, 0.4) is 0 Å². The molecule has 123 heavy (non-hydrogen) atoms. The third-order valence-electron chi connectivity index (χ3n) is 27.7. The summed E-state index contributed by atoms with van der Waals surface area (Å²) in [5.74, 6) is 0. The number of benzene rings is 21. The van der Waals surface area contributed by atoms with E-state index in [0.717, 1.165) is 90.0 Å². The Kier molecular flexibility index (Phi) is 15.1. The maximum absolute atomic E-state index is 2.79. The maximum Gasteiger partial charge on any atom is 0.252 e. The van der Waals surface area contributed by atoms with Crippen LogP contribution in [0.5, 0.6) is 0 Å². The number of nitrogens with zero attached hydrogens (tertiary/aromatic N) is 4. The zero-order chi connectivity index (χ0) is 82.4. The van der Waals surface area contributed by atoms with Gasteiger partial charge >= 0.3 is 0 Å². The molecule has 0 unspecified atom stereocenters. The minimum absolute atomic E-state index is 0.255. The van der Waals surface area contributed by atoms with Gasteiger partial charge in [-0.25, -0.2) is 0 Å². The average Bonchev–Trinajstić information content (AvgIpc) is 1.67. The Morgan fingerprint density at radius 3 is 0.821 bits per heavy atom. The summed E-state index contributed by atoms with van der Waals surface area (Å²) >= 11 is 0. The number of anilines is 6. The molecule has 25 rings (SSSR count). The maximum atomic E-state index is 2.79. The van der Waals surface area contributed by atoms with Crippen molar-refractivity contribution in [3.8, 4) is 78.1 Å². The first-order valence-electron chi connectivity index (χ1n) is 43.6. The van der Waals surface area contributed by atoms with Crippen LogP contribution in [0.25, 0.3) is 186 Å². The van der Waals surface area contributed by atoms with Crippen molar-refractivity contribution in [3.05, 3.63) is 381 Å². The number of aromatic nitrogens is 2. The van der Waals surface area contributed by atoms with Gasteiger partial charge in [-0.15, -0.1) is 0 Å². The first kappa shape index (κ1) is 71.4. The van der Waals surface area contributed by atoms with Gasteiger partial charge in [-0.05, 0) is 256 Å². The van der Waals surface area contributed by atoms with Crippen LogP contribution in [0.4, 0.5) is 34.1 Å². The van der Waals surface area contributed by atoms with Crippen molar-refractivity contribution in [3.63, 3.8) is 0 Å². The van der Waals surface area contributed by atoms with Gasteiger partial charge in [0.15, 0.2) is 0 Å². The fourth-order valence-corrected chi connectivity index (χ4v) is 21.8. The molecule has 2 aromatic heterocycles. The molecule has 0 radical (unpaired) electrons. The molecule has 0 bridgehead atoms. The lowest BCUT2D eigenvalue weighted by Crippen LogP contribution is -2.61. The van der Waals surface area contributed by atoms with Gasteiger partial charge in [0.05, 0.1) is 33.4 Å². The van der Waals surface area contributed by atoms with Crippen LogP contribution < -0.4 is 26.2 Å². The van der Waals surface area contributed by atoms with E-state index >= 15 is 0 Å². The van der Waals surface area contributed by atoms with Crippen LogP contribution in [-0.4, -0.2) is 15.8 Å². The van der Waals surface area contributed by atoms with Crippen molar-refractivity contribution >= 4 is 165 Å². The van der Waals surface area contributed by atoms with E-state index in [-0.39, 0.29) is 17.5 Å². The van der Waals surface area contributed by atoms with Crippen LogP contribution in [0.1, 0.15) is 79.0 Å². The number of hydrogen-bond acceptors (Lipinski definition) is 2. The molecule has 5 heteroatoms. The summed E-state index contributed by atoms with van der Waals surface area (Å²) in [6.45, 7) is 21.3. The molecule has 0 saturated carbocycles. The highest BCUT2D eigenvalue weighted by molar-refractivity contribution is 7.00. The van der Waals surface area contributed by atoms with Gasteiger partial charge in [-0.2, -0.15) is 0 Å². The minimum atomic E-state index is -0.393. The smallest absolute Gasteiger partial charge is 0.252 e. The second kappa shape index (κ2) is 26.0. The lowest BCUT2D eigenvalue weighted by Gasteiger charge is -2.47. The van der Waals surface area contributed by atoms with E-state index in [9.17, 15) is 0 Å². The van der Waals surface area contributed by atoms with Crippen LogP contribution in [0, 0.1) is 0 Å². The van der Waals surface area contributed by atoms with E-state index in [4.69, 9.17) is 0 Å². The molecular weight excluding hydrogens is 1480 g/mol. The topological polar surface area (TPSA) is 16.3 Å². The highest BCUT2D eigenvalue weighted by atomic mass is 15.2. The van der Waals surface area contributed by atoms with Gasteiger partial charge in [-0.3, -0.25) is 0 Å². The van der Waals surface area contributed by atoms with Gasteiger partial charge in [-0.1, -0.05) is 329 Å². The van der Waals surface area contributed by atoms with E-state index in [1.165, 1.54) is 164 Å². The van der Waals surface area contributed by atoms with Crippen molar-refractivity contribution in [1.29, 1.82) is 0 Å². The second-order valence-electron chi connectivity index (χ2n) is 37.9. The standard InChI is InChI=1S/C118H87BN4/c1-116(2,3)82-62-91(72-32-18-12-19-33-72)114(93(64-82)80-42-22-40-78(60-80)70-28-14-10-15-29-70)122-101-68-85(120-97-56-48-74-36-24-44-87-88-45-25-37-75-49-57-98(120)110(106(75)88)109(97)105(74)87)52-54-95(101)119-96-55-53-86(121-99-58-50-76-38-26-46-89-90-47-27-39-77-51-59-100(121)112(108(77)90)111(99)107(76)89)69-102(96)123(104-67-84(118(7,8)9)66-103(122)113(104)119)115-92(73-34-20-13-21-35-73)63-83(117(4,5)6)65-94(115)81-43-23-41-79(61-81)71-30-16-11-17-31-71/h10-69H,1-9H3. The average molecular weight is 1570 g/mol. The molecule has 0 saturated heterocycles. The number of fused-ring (bicyclic) bond motifs is 6. The molecule has 0 fully saturated rings. The Bertz CT molecular complexity index is 7610. The first-order valence-corrected chi connectivity index (χ1v) is 43.6. The lowest BCUT2D eigenvalue weighted by molar-refractivity contribution is 0.590. The summed E-state index contributed by atoms with van der Waals surface area (Å²) < 4.78 is 5.23. The Morgan fingerprint density at radius 1 is 0.211 bits per heavy atom. The van der Waals surface area contributed by atoms with Crippen LogP contribution in [0.2, 0.25) is 0 Å². The molecule has 2 aliphatic rings. The summed E-state index contributed by atoms with van der Waals surface area (Å²) in [5, 5.41) is 20.7. The zero-order valence-corrected chi connectivity index (χ0v) is 70.5. The summed E-state index contributed by atoms with van der Waals surface area (Å²) in [5.41, 5.74) is 34.2. The molecule has 4 nitrogen and oxygen atoms in total. The highest BCUT2D eigenvalue weighted by Gasteiger charge is 2.47. The van der Waals surface area contributed by atoms with Crippen molar-refractivity contribution in [2.45, 2.75) is 78.6 Å². The molecule has 23 aromatic rings. The van der Waals surface area contributed by atoms with E-state index < -0.39 is 5.41 Å². The molecule has 0 atom stereocenters. The van der Waals surface area contributed by atoms with Crippen LogP contribution in [-0.2, 0) is 16.2 Å². The normalized spacial score (nSPS) is 13.2. The number of hydrogen-bond donors (Lipinski definition) is 0. The zero-order valence-electron chi connectivity index (χ0n) is 70.5. The molecular formula is C118H87BN4. The monoisotopic (exact) mass is 1570 g/mol. The Morgan fingerprint density at radius 2 is 0.496 bits per heavy atom. The molecule has 0 amide bonds. The van der Waals surface area contributed by atoms with E-state index in [2.05, 4.69) is 445 Å². The van der Waals surface area contributed by atoms with E-state index in [1.807, 2.05) is 0 Å².